The summed E-state index contributed by atoms with van der Waals surface area (Å²) in [4.78, 5) is 12.0. The molecule has 2 N–H and O–H groups in total. The Labute approximate surface area is 98.6 Å². The number of hydrogen-bond acceptors (Lipinski definition) is 2. The third-order valence-corrected chi connectivity index (χ3v) is 3.63. The number of unbranched alkanes of at least 4 members (excludes halogenated alkanes) is 2. The van der Waals surface area contributed by atoms with Crippen molar-refractivity contribution in [2.45, 2.75) is 58.3 Å². The summed E-state index contributed by atoms with van der Waals surface area (Å²) in [5.41, 5.74) is -0.116. The Hall–Kier alpha value is -0.570. The van der Waals surface area contributed by atoms with E-state index in [1.54, 1.807) is 0 Å². The van der Waals surface area contributed by atoms with Gasteiger partial charge in [0.1, 0.15) is 0 Å². The molecule has 0 aromatic heterocycles. The van der Waals surface area contributed by atoms with Crippen LogP contribution in [-0.4, -0.2) is 24.2 Å². The number of carbonyl (C=O) groups is 1. The maximum atomic E-state index is 12.0. The summed E-state index contributed by atoms with van der Waals surface area (Å²) >= 11 is 0. The normalized spacial score (nSPS) is 19.4. The molecular formula is C13H25NO2. The van der Waals surface area contributed by atoms with E-state index >= 15 is 0 Å². The molecule has 94 valence electrons. The lowest BCUT2D eigenvalue weighted by Crippen LogP contribution is -2.40. The van der Waals surface area contributed by atoms with E-state index in [1.165, 1.54) is 19.3 Å². The van der Waals surface area contributed by atoms with Gasteiger partial charge in [0.05, 0.1) is 0 Å². The number of rotatable bonds is 6. The van der Waals surface area contributed by atoms with Gasteiger partial charge >= 0.3 is 0 Å². The van der Waals surface area contributed by atoms with Crippen molar-refractivity contribution in [2.75, 3.05) is 13.2 Å². The van der Waals surface area contributed by atoms with Crippen molar-refractivity contribution in [3.8, 4) is 0 Å². The number of aliphatic hydroxyl groups excluding tert-OH is 1. The molecule has 3 nitrogen and oxygen atoms in total. The highest BCUT2D eigenvalue weighted by Gasteiger charge is 2.33. The Kier molecular flexibility index (Phi) is 5.81. The van der Waals surface area contributed by atoms with Crippen LogP contribution in [0.1, 0.15) is 58.3 Å². The first-order valence-electron chi connectivity index (χ1n) is 6.58. The summed E-state index contributed by atoms with van der Waals surface area (Å²) in [6, 6.07) is 0. The predicted molar refractivity (Wildman–Crippen MR) is 65.1 cm³/mol. The number of hydrogen-bond donors (Lipinski definition) is 2. The van der Waals surface area contributed by atoms with Crippen LogP contribution in [-0.2, 0) is 4.79 Å². The van der Waals surface area contributed by atoms with Crippen LogP contribution in [0, 0.1) is 5.41 Å². The van der Waals surface area contributed by atoms with Gasteiger partial charge in [0, 0.05) is 18.6 Å². The molecule has 1 saturated carbocycles. The van der Waals surface area contributed by atoms with Crippen LogP contribution in [0.4, 0.5) is 0 Å². The zero-order valence-electron chi connectivity index (χ0n) is 10.4. The maximum absolute atomic E-state index is 12.0. The molecule has 0 aromatic carbocycles. The quantitative estimate of drug-likeness (QED) is 0.684. The number of amides is 1. The average Bonchev–Trinajstić information content (AvgIpc) is 2.29. The van der Waals surface area contributed by atoms with Crippen LogP contribution in [0.5, 0.6) is 0 Å². The first-order valence-corrected chi connectivity index (χ1v) is 6.58. The lowest BCUT2D eigenvalue weighted by molar-refractivity contribution is -0.131. The lowest BCUT2D eigenvalue weighted by atomic mass is 9.75. The van der Waals surface area contributed by atoms with Crippen LogP contribution in [0.3, 0.4) is 0 Å². The molecule has 1 amide bonds. The summed E-state index contributed by atoms with van der Waals surface area (Å²) < 4.78 is 0. The summed E-state index contributed by atoms with van der Waals surface area (Å²) in [7, 11) is 0. The highest BCUT2D eigenvalue weighted by Crippen LogP contribution is 2.35. The van der Waals surface area contributed by atoms with Gasteiger partial charge in [0.15, 0.2) is 0 Å². The van der Waals surface area contributed by atoms with Crippen molar-refractivity contribution in [3.63, 3.8) is 0 Å². The van der Waals surface area contributed by atoms with Crippen molar-refractivity contribution in [1.29, 1.82) is 0 Å². The van der Waals surface area contributed by atoms with Crippen molar-refractivity contribution in [1.82, 2.24) is 5.32 Å². The fourth-order valence-electron chi connectivity index (χ4n) is 2.39. The molecule has 0 aliphatic heterocycles. The predicted octanol–water partition coefficient (Wildman–Crippen LogP) is 2.24. The molecule has 1 fully saturated rings. The van der Waals surface area contributed by atoms with Gasteiger partial charge in [-0.2, -0.15) is 0 Å². The molecule has 16 heavy (non-hydrogen) atoms. The Morgan fingerprint density at radius 3 is 2.50 bits per heavy atom. The second kappa shape index (κ2) is 6.89. The van der Waals surface area contributed by atoms with Crippen molar-refractivity contribution in [2.24, 2.45) is 5.41 Å². The monoisotopic (exact) mass is 227 g/mol. The molecule has 1 rings (SSSR count). The van der Waals surface area contributed by atoms with E-state index in [0.29, 0.717) is 0 Å². The van der Waals surface area contributed by atoms with Gasteiger partial charge in [-0.05, 0) is 32.1 Å². The molecule has 0 bridgehead atoms. The smallest absolute Gasteiger partial charge is 0.225 e. The Balaban J connectivity index is 2.18. The summed E-state index contributed by atoms with van der Waals surface area (Å²) in [5, 5.41) is 11.7. The fourth-order valence-corrected chi connectivity index (χ4v) is 2.39. The summed E-state index contributed by atoms with van der Waals surface area (Å²) in [5.74, 6) is 0.233. The van der Waals surface area contributed by atoms with E-state index in [0.717, 1.165) is 38.6 Å². The molecule has 0 radical (unpaired) electrons. The fraction of sp³-hybridized carbons (Fsp3) is 0.923. The SMILES string of the molecule is CC1(C(=O)NCCCCCO)CCCCC1. The van der Waals surface area contributed by atoms with Gasteiger partial charge in [-0.15, -0.1) is 0 Å². The largest absolute Gasteiger partial charge is 0.396 e. The van der Waals surface area contributed by atoms with Crippen LogP contribution in [0.15, 0.2) is 0 Å². The van der Waals surface area contributed by atoms with E-state index in [2.05, 4.69) is 12.2 Å². The Bertz CT molecular complexity index is 210. The zero-order valence-corrected chi connectivity index (χ0v) is 10.4. The van der Waals surface area contributed by atoms with Crippen LogP contribution >= 0.6 is 0 Å². The van der Waals surface area contributed by atoms with E-state index < -0.39 is 0 Å². The lowest BCUT2D eigenvalue weighted by Gasteiger charge is -2.32. The first-order chi connectivity index (χ1) is 7.69. The van der Waals surface area contributed by atoms with Gasteiger partial charge in [-0.3, -0.25) is 4.79 Å². The zero-order chi connectivity index (χ0) is 11.9. The van der Waals surface area contributed by atoms with Gasteiger partial charge < -0.3 is 10.4 Å². The van der Waals surface area contributed by atoms with Gasteiger partial charge in [0.25, 0.3) is 0 Å². The molecule has 0 spiro atoms. The van der Waals surface area contributed by atoms with Gasteiger partial charge in [-0.1, -0.05) is 26.2 Å². The number of nitrogens with one attached hydrogen (secondary N) is 1. The average molecular weight is 227 g/mol. The van der Waals surface area contributed by atoms with E-state index in [-0.39, 0.29) is 17.9 Å². The third-order valence-electron chi connectivity index (χ3n) is 3.63. The Morgan fingerprint density at radius 2 is 1.88 bits per heavy atom. The molecule has 0 heterocycles. The maximum Gasteiger partial charge on any atom is 0.225 e. The molecule has 1 aliphatic rings. The van der Waals surface area contributed by atoms with Crippen molar-refractivity contribution < 1.29 is 9.90 Å². The molecule has 0 unspecified atom stereocenters. The molecule has 1 aliphatic carbocycles. The summed E-state index contributed by atoms with van der Waals surface area (Å²) in [6.45, 7) is 3.11. The van der Waals surface area contributed by atoms with Crippen LogP contribution in [0.25, 0.3) is 0 Å². The van der Waals surface area contributed by atoms with E-state index in [4.69, 9.17) is 5.11 Å². The molecule has 0 saturated heterocycles. The van der Waals surface area contributed by atoms with Crippen LogP contribution in [0.2, 0.25) is 0 Å². The van der Waals surface area contributed by atoms with Crippen molar-refractivity contribution >= 4 is 5.91 Å². The minimum atomic E-state index is -0.116. The second-order valence-electron chi connectivity index (χ2n) is 5.16. The first kappa shape index (κ1) is 13.5. The van der Waals surface area contributed by atoms with Gasteiger partial charge in [-0.25, -0.2) is 0 Å². The standard InChI is InChI=1S/C13H25NO2/c1-13(8-4-2-5-9-13)12(16)14-10-6-3-7-11-15/h15H,2-11H2,1H3,(H,14,16). The van der Waals surface area contributed by atoms with E-state index in [1.807, 2.05) is 0 Å². The number of carbonyl (C=O) groups excluding carboxylic acids is 1. The van der Waals surface area contributed by atoms with Gasteiger partial charge in [0.2, 0.25) is 5.91 Å². The highest BCUT2D eigenvalue weighted by atomic mass is 16.2. The van der Waals surface area contributed by atoms with E-state index in [9.17, 15) is 4.79 Å². The molecule has 3 heteroatoms. The highest BCUT2D eigenvalue weighted by molar-refractivity contribution is 5.82. The van der Waals surface area contributed by atoms with Crippen LogP contribution < -0.4 is 5.32 Å². The molecule has 0 aromatic rings. The summed E-state index contributed by atoms with van der Waals surface area (Å²) in [6.07, 6.45) is 8.54. The second-order valence-corrected chi connectivity index (χ2v) is 5.16. The minimum Gasteiger partial charge on any atom is -0.396 e. The topological polar surface area (TPSA) is 49.3 Å². The minimum absolute atomic E-state index is 0.116. The molecule has 0 atom stereocenters. The number of aliphatic hydroxyl groups is 1. The van der Waals surface area contributed by atoms with Crippen molar-refractivity contribution in [3.05, 3.63) is 0 Å². The Morgan fingerprint density at radius 1 is 1.19 bits per heavy atom. The molecular weight excluding hydrogens is 202 g/mol. The third kappa shape index (κ3) is 4.12.